The fourth-order valence-corrected chi connectivity index (χ4v) is 3.98. The molecule has 158 valence electrons. The van der Waals surface area contributed by atoms with Crippen LogP contribution in [0.2, 0.25) is 0 Å². The highest BCUT2D eigenvalue weighted by molar-refractivity contribution is 6.01. The number of hydrogen-bond acceptors (Lipinski definition) is 3. The van der Waals surface area contributed by atoms with Crippen LogP contribution in [0.3, 0.4) is 0 Å². The number of rotatable bonds is 3. The van der Waals surface area contributed by atoms with Gasteiger partial charge in [0.1, 0.15) is 17.4 Å². The van der Waals surface area contributed by atoms with Crippen molar-refractivity contribution < 1.29 is 9.90 Å². The van der Waals surface area contributed by atoms with Gasteiger partial charge in [0.05, 0.1) is 0 Å². The van der Waals surface area contributed by atoms with Gasteiger partial charge in [0.2, 0.25) is 0 Å². The van der Waals surface area contributed by atoms with E-state index in [1.54, 1.807) is 6.08 Å². The maximum atomic E-state index is 12.8. The Morgan fingerprint density at radius 2 is 1.62 bits per heavy atom. The van der Waals surface area contributed by atoms with Crippen molar-refractivity contribution in [3.8, 4) is 11.8 Å². The number of nitrogens with zero attached hydrogens (tertiary/aromatic N) is 1. The van der Waals surface area contributed by atoms with Crippen LogP contribution in [0, 0.1) is 17.2 Å². The number of benzene rings is 1. The number of nitriles is 1. The van der Waals surface area contributed by atoms with Crippen LogP contribution in [-0.2, 0) is 15.6 Å². The number of nitrogens with one attached hydrogen (secondary N) is 1. The summed E-state index contributed by atoms with van der Waals surface area (Å²) in [5, 5.41) is 23.6. The van der Waals surface area contributed by atoms with Crippen molar-refractivity contribution in [3.63, 3.8) is 0 Å². The third-order valence-electron chi connectivity index (χ3n) is 5.85. The Labute approximate surface area is 176 Å². The van der Waals surface area contributed by atoms with Crippen molar-refractivity contribution in [2.24, 2.45) is 5.92 Å². The van der Waals surface area contributed by atoms with Crippen LogP contribution in [0.4, 0.5) is 0 Å². The lowest BCUT2D eigenvalue weighted by atomic mass is 9.78. The highest BCUT2D eigenvalue weighted by Gasteiger charge is 2.27. The predicted octanol–water partition coefficient (Wildman–Crippen LogP) is 5.59. The average molecular weight is 397 g/mol. The Balaban J connectivity index is 2.44. The molecule has 0 aliphatic heterocycles. The molecule has 1 aromatic rings. The Kier molecular flexibility index (Phi) is 6.83. The first kappa shape index (κ1) is 23.0. The number of carbonyl (C=O) groups is 1. The van der Waals surface area contributed by atoms with Gasteiger partial charge < -0.3 is 10.4 Å². The molecule has 1 aliphatic rings. The van der Waals surface area contributed by atoms with E-state index in [1.165, 1.54) is 6.42 Å². The molecular weight excluding hydrogens is 360 g/mol. The molecule has 0 unspecified atom stereocenters. The maximum Gasteiger partial charge on any atom is 0.262 e. The second-order valence-electron chi connectivity index (χ2n) is 10.5. The van der Waals surface area contributed by atoms with Crippen LogP contribution in [-0.4, -0.2) is 17.1 Å². The Morgan fingerprint density at radius 3 is 2.07 bits per heavy atom. The van der Waals surface area contributed by atoms with Gasteiger partial charge in [-0.2, -0.15) is 5.26 Å². The van der Waals surface area contributed by atoms with E-state index in [9.17, 15) is 15.2 Å². The van der Waals surface area contributed by atoms with E-state index in [0.29, 0.717) is 11.7 Å². The molecule has 1 fully saturated rings. The fourth-order valence-electron chi connectivity index (χ4n) is 3.98. The molecule has 1 saturated carbocycles. The van der Waals surface area contributed by atoms with Crippen LogP contribution in [0.5, 0.6) is 5.75 Å². The monoisotopic (exact) mass is 396 g/mol. The molecule has 0 spiro atoms. The van der Waals surface area contributed by atoms with Crippen LogP contribution < -0.4 is 5.32 Å². The van der Waals surface area contributed by atoms with E-state index in [1.807, 2.05) is 53.7 Å². The average Bonchev–Trinajstić information content (AvgIpc) is 2.60. The number of hydrogen-bond donors (Lipinski definition) is 2. The summed E-state index contributed by atoms with van der Waals surface area (Å²) < 4.78 is 0. The summed E-state index contributed by atoms with van der Waals surface area (Å²) in [5.41, 5.74) is 1.97. The molecule has 1 amide bonds. The Morgan fingerprint density at radius 1 is 1.10 bits per heavy atom. The summed E-state index contributed by atoms with van der Waals surface area (Å²) in [6.07, 6.45) is 6.04. The molecule has 1 aliphatic carbocycles. The van der Waals surface area contributed by atoms with Crippen molar-refractivity contribution in [3.05, 3.63) is 34.4 Å². The maximum absolute atomic E-state index is 12.8. The second kappa shape index (κ2) is 8.61. The highest BCUT2D eigenvalue weighted by Crippen LogP contribution is 2.40. The molecule has 2 atom stereocenters. The van der Waals surface area contributed by atoms with E-state index in [4.69, 9.17) is 0 Å². The molecule has 0 radical (unpaired) electrons. The third-order valence-corrected chi connectivity index (χ3v) is 5.85. The minimum Gasteiger partial charge on any atom is -0.507 e. The molecule has 0 aromatic heterocycles. The van der Waals surface area contributed by atoms with Gasteiger partial charge in [0.25, 0.3) is 5.91 Å². The molecular formula is C25H36N2O2. The van der Waals surface area contributed by atoms with Crippen molar-refractivity contribution in [1.29, 1.82) is 5.26 Å². The topological polar surface area (TPSA) is 73.1 Å². The lowest BCUT2D eigenvalue weighted by molar-refractivity contribution is -0.118. The Hall–Kier alpha value is -2.28. The van der Waals surface area contributed by atoms with Gasteiger partial charge in [-0.25, -0.2) is 0 Å². The van der Waals surface area contributed by atoms with Crippen molar-refractivity contribution in [2.75, 3.05) is 0 Å². The predicted molar refractivity (Wildman–Crippen MR) is 119 cm³/mol. The zero-order valence-corrected chi connectivity index (χ0v) is 19.0. The molecule has 2 rings (SSSR count). The first-order valence-corrected chi connectivity index (χ1v) is 10.6. The zero-order valence-electron chi connectivity index (χ0n) is 19.0. The van der Waals surface area contributed by atoms with Gasteiger partial charge in [-0.3, -0.25) is 4.79 Å². The molecule has 0 heterocycles. The van der Waals surface area contributed by atoms with Crippen LogP contribution in [0.1, 0.15) is 90.8 Å². The largest absolute Gasteiger partial charge is 0.507 e. The van der Waals surface area contributed by atoms with Gasteiger partial charge in [0.15, 0.2) is 0 Å². The van der Waals surface area contributed by atoms with E-state index >= 15 is 0 Å². The second-order valence-corrected chi connectivity index (χ2v) is 10.5. The molecule has 4 nitrogen and oxygen atoms in total. The number of carbonyl (C=O) groups excluding carboxylic acids is 1. The van der Waals surface area contributed by atoms with Gasteiger partial charge >= 0.3 is 0 Å². The normalized spacial score (nSPS) is 20.8. The molecule has 29 heavy (non-hydrogen) atoms. The summed E-state index contributed by atoms with van der Waals surface area (Å²) in [6.45, 7) is 14.4. The van der Waals surface area contributed by atoms with Crippen LogP contribution >= 0.6 is 0 Å². The molecule has 0 saturated heterocycles. The van der Waals surface area contributed by atoms with Gasteiger partial charge in [0, 0.05) is 17.2 Å². The number of phenolic OH excluding ortho intramolecular Hbond substituents is 1. The number of amides is 1. The first-order valence-electron chi connectivity index (χ1n) is 10.6. The minimum atomic E-state index is -0.311. The molecule has 2 N–H and O–H groups in total. The lowest BCUT2D eigenvalue weighted by Gasteiger charge is -2.29. The summed E-state index contributed by atoms with van der Waals surface area (Å²) >= 11 is 0. The fraction of sp³-hybridized carbons (Fsp3) is 0.600. The van der Waals surface area contributed by atoms with Crippen molar-refractivity contribution in [1.82, 2.24) is 5.32 Å². The molecule has 0 bridgehead atoms. The number of phenols is 1. The van der Waals surface area contributed by atoms with Crippen molar-refractivity contribution in [2.45, 2.75) is 91.0 Å². The summed E-state index contributed by atoms with van der Waals surface area (Å²) in [6, 6.07) is 5.97. The molecule has 4 heteroatoms. The van der Waals surface area contributed by atoms with E-state index in [0.717, 1.165) is 36.0 Å². The van der Waals surface area contributed by atoms with Crippen LogP contribution in [0.15, 0.2) is 17.7 Å². The number of aromatic hydroxyl groups is 1. The summed E-state index contributed by atoms with van der Waals surface area (Å²) in [5.74, 6) is 0.413. The minimum absolute atomic E-state index is 0.105. The smallest absolute Gasteiger partial charge is 0.262 e. The quantitative estimate of drug-likeness (QED) is 0.517. The zero-order chi connectivity index (χ0) is 22.0. The van der Waals surface area contributed by atoms with Gasteiger partial charge in [-0.05, 0) is 53.4 Å². The van der Waals surface area contributed by atoms with E-state index < -0.39 is 0 Å². The van der Waals surface area contributed by atoms with Crippen molar-refractivity contribution >= 4 is 12.0 Å². The Bertz CT molecular complexity index is 797. The van der Waals surface area contributed by atoms with Crippen LogP contribution in [0.25, 0.3) is 6.08 Å². The standard InChI is InChI=1S/C25H36N2O2/c1-16-10-8-9-11-21(16)27-23(29)18(15-26)12-17-13-19(24(2,3)4)22(28)20(14-17)25(5,6)7/h12-14,16,21,28H,8-11H2,1-7H3,(H,27,29)/b18-12+/t16-,21-/m0/s1. The lowest BCUT2D eigenvalue weighted by Crippen LogP contribution is -2.41. The third kappa shape index (κ3) is 5.63. The van der Waals surface area contributed by atoms with E-state index in [2.05, 4.69) is 18.3 Å². The summed E-state index contributed by atoms with van der Waals surface area (Å²) in [4.78, 5) is 12.8. The van der Waals surface area contributed by atoms with E-state index in [-0.39, 0.29) is 28.4 Å². The van der Waals surface area contributed by atoms with Gasteiger partial charge in [-0.1, -0.05) is 61.3 Å². The highest BCUT2D eigenvalue weighted by atomic mass is 16.3. The molecule has 1 aromatic carbocycles. The van der Waals surface area contributed by atoms with Gasteiger partial charge in [-0.15, -0.1) is 0 Å². The first-order chi connectivity index (χ1) is 13.3. The SMILES string of the molecule is C[C@H]1CCCC[C@@H]1NC(=O)/C(C#N)=C/c1cc(C(C)(C)C)c(O)c(C(C)(C)C)c1. The summed E-state index contributed by atoms with van der Waals surface area (Å²) in [7, 11) is 0.